The molecule has 0 bridgehead atoms. The summed E-state index contributed by atoms with van der Waals surface area (Å²) in [5, 5.41) is 3.64. The molecule has 1 aliphatic heterocycles. The number of rotatable bonds is 4. The van der Waals surface area contributed by atoms with Gasteiger partial charge in [0.15, 0.2) is 0 Å². The Morgan fingerprint density at radius 2 is 2.10 bits per heavy atom. The lowest BCUT2D eigenvalue weighted by molar-refractivity contribution is 0.0685. The van der Waals surface area contributed by atoms with E-state index in [2.05, 4.69) is 12.2 Å². The Kier molecular flexibility index (Phi) is 7.43. The smallest absolute Gasteiger partial charge is 0.256 e. The summed E-state index contributed by atoms with van der Waals surface area (Å²) in [6, 6.07) is 4.20. The van der Waals surface area contributed by atoms with E-state index in [-0.39, 0.29) is 23.9 Å². The van der Waals surface area contributed by atoms with Gasteiger partial charge < -0.3 is 10.2 Å². The zero-order valence-corrected chi connectivity index (χ0v) is 13.6. The summed E-state index contributed by atoms with van der Waals surface area (Å²) in [7, 11) is 0. The van der Waals surface area contributed by atoms with Gasteiger partial charge in [-0.05, 0) is 50.0 Å². The standard InChI is InChI=1S/C15H20ClFN2O.ClH/c1-2-18-10-11-5-7-19(8-6-11)15(20)13-4-3-12(16)9-14(13)17;/h3-4,9,11,18H,2,5-8,10H2,1H3;1H. The second-order valence-electron chi connectivity index (χ2n) is 5.17. The summed E-state index contributed by atoms with van der Waals surface area (Å²) < 4.78 is 13.8. The first-order chi connectivity index (χ1) is 9.61. The number of carbonyl (C=O) groups is 1. The van der Waals surface area contributed by atoms with Gasteiger partial charge in [0, 0.05) is 18.1 Å². The first-order valence-electron chi connectivity index (χ1n) is 7.07. The number of amides is 1. The van der Waals surface area contributed by atoms with E-state index in [4.69, 9.17) is 11.6 Å². The lowest BCUT2D eigenvalue weighted by atomic mass is 9.96. The highest BCUT2D eigenvalue weighted by atomic mass is 35.5. The Bertz CT molecular complexity index is 477. The molecule has 1 N–H and O–H groups in total. The first-order valence-corrected chi connectivity index (χ1v) is 7.44. The van der Waals surface area contributed by atoms with Crippen molar-refractivity contribution in [2.75, 3.05) is 26.2 Å². The Balaban J connectivity index is 0.00000220. The molecule has 118 valence electrons. The second kappa shape index (κ2) is 8.57. The topological polar surface area (TPSA) is 32.3 Å². The van der Waals surface area contributed by atoms with Gasteiger partial charge in [0.1, 0.15) is 5.82 Å². The fourth-order valence-corrected chi connectivity index (χ4v) is 2.68. The van der Waals surface area contributed by atoms with Crippen molar-refractivity contribution in [1.29, 1.82) is 0 Å². The predicted molar refractivity (Wildman–Crippen MR) is 85.8 cm³/mol. The number of hydrogen-bond donors (Lipinski definition) is 1. The van der Waals surface area contributed by atoms with Gasteiger partial charge >= 0.3 is 0 Å². The zero-order valence-electron chi connectivity index (χ0n) is 12.1. The molecule has 0 unspecified atom stereocenters. The number of hydrogen-bond acceptors (Lipinski definition) is 2. The molecule has 1 aromatic carbocycles. The molecule has 0 saturated carbocycles. The highest BCUT2D eigenvalue weighted by molar-refractivity contribution is 6.30. The van der Waals surface area contributed by atoms with Crippen LogP contribution >= 0.6 is 24.0 Å². The van der Waals surface area contributed by atoms with Crippen LogP contribution in [0.5, 0.6) is 0 Å². The maximum absolute atomic E-state index is 13.8. The Labute approximate surface area is 136 Å². The molecule has 1 saturated heterocycles. The van der Waals surface area contributed by atoms with Gasteiger partial charge in [-0.1, -0.05) is 18.5 Å². The number of piperidine rings is 1. The molecule has 21 heavy (non-hydrogen) atoms. The predicted octanol–water partition coefficient (Wildman–Crippen LogP) is 3.36. The second-order valence-corrected chi connectivity index (χ2v) is 5.60. The Morgan fingerprint density at radius 3 is 2.67 bits per heavy atom. The molecule has 0 atom stereocenters. The number of nitrogens with zero attached hydrogens (tertiary/aromatic N) is 1. The van der Waals surface area contributed by atoms with Crippen molar-refractivity contribution in [3.63, 3.8) is 0 Å². The van der Waals surface area contributed by atoms with Gasteiger partial charge in [0.2, 0.25) is 0 Å². The van der Waals surface area contributed by atoms with E-state index in [0.717, 1.165) is 25.9 Å². The molecule has 1 aromatic rings. The van der Waals surface area contributed by atoms with Crippen LogP contribution in [0, 0.1) is 11.7 Å². The zero-order chi connectivity index (χ0) is 14.5. The van der Waals surface area contributed by atoms with Crippen LogP contribution in [-0.4, -0.2) is 37.0 Å². The summed E-state index contributed by atoms with van der Waals surface area (Å²) in [5.41, 5.74) is 0.111. The largest absolute Gasteiger partial charge is 0.339 e. The highest BCUT2D eigenvalue weighted by Gasteiger charge is 2.25. The van der Waals surface area contributed by atoms with Crippen molar-refractivity contribution in [2.24, 2.45) is 5.92 Å². The van der Waals surface area contributed by atoms with Crippen LogP contribution in [-0.2, 0) is 0 Å². The van der Waals surface area contributed by atoms with E-state index in [1.807, 2.05) is 0 Å². The van der Waals surface area contributed by atoms with Crippen LogP contribution < -0.4 is 5.32 Å². The summed E-state index contributed by atoms with van der Waals surface area (Å²) in [4.78, 5) is 14.0. The van der Waals surface area contributed by atoms with Crippen molar-refractivity contribution in [3.8, 4) is 0 Å². The minimum atomic E-state index is -0.544. The molecule has 1 fully saturated rings. The first kappa shape index (κ1) is 18.2. The van der Waals surface area contributed by atoms with E-state index in [0.29, 0.717) is 24.0 Å². The van der Waals surface area contributed by atoms with E-state index >= 15 is 0 Å². The summed E-state index contributed by atoms with van der Waals surface area (Å²) in [6.07, 6.45) is 1.93. The van der Waals surface area contributed by atoms with Gasteiger partial charge in [-0.15, -0.1) is 12.4 Å². The van der Waals surface area contributed by atoms with Crippen molar-refractivity contribution >= 4 is 29.9 Å². The molecule has 3 nitrogen and oxygen atoms in total. The average molecular weight is 335 g/mol. The van der Waals surface area contributed by atoms with Crippen LogP contribution in [0.1, 0.15) is 30.1 Å². The molecular weight excluding hydrogens is 314 g/mol. The maximum atomic E-state index is 13.8. The summed E-state index contributed by atoms with van der Waals surface area (Å²) in [6.45, 7) is 5.43. The number of halogens is 3. The molecule has 0 spiro atoms. The molecule has 1 amide bonds. The third-order valence-electron chi connectivity index (χ3n) is 3.75. The molecule has 1 aliphatic rings. The molecule has 2 rings (SSSR count). The molecular formula is C15H21Cl2FN2O. The van der Waals surface area contributed by atoms with Gasteiger partial charge in [-0.25, -0.2) is 4.39 Å². The average Bonchev–Trinajstić information content (AvgIpc) is 2.45. The number of carbonyl (C=O) groups excluding carboxylic acids is 1. The minimum absolute atomic E-state index is 0. The third kappa shape index (κ3) is 4.83. The van der Waals surface area contributed by atoms with Crippen molar-refractivity contribution in [1.82, 2.24) is 10.2 Å². The van der Waals surface area contributed by atoms with E-state index in [1.165, 1.54) is 12.1 Å². The summed E-state index contributed by atoms with van der Waals surface area (Å²) >= 11 is 5.70. The SMILES string of the molecule is CCNCC1CCN(C(=O)c2ccc(Cl)cc2F)CC1.Cl. The third-order valence-corrected chi connectivity index (χ3v) is 3.98. The Hall–Kier alpha value is -0.840. The van der Waals surface area contributed by atoms with Crippen LogP contribution in [0.2, 0.25) is 5.02 Å². The maximum Gasteiger partial charge on any atom is 0.256 e. The van der Waals surface area contributed by atoms with Gasteiger partial charge in [-0.2, -0.15) is 0 Å². The fourth-order valence-electron chi connectivity index (χ4n) is 2.52. The molecule has 1 heterocycles. The highest BCUT2D eigenvalue weighted by Crippen LogP contribution is 2.21. The van der Waals surface area contributed by atoms with E-state index in [1.54, 1.807) is 11.0 Å². The van der Waals surface area contributed by atoms with E-state index in [9.17, 15) is 9.18 Å². The van der Waals surface area contributed by atoms with Gasteiger partial charge in [0.25, 0.3) is 5.91 Å². The monoisotopic (exact) mass is 334 g/mol. The lowest BCUT2D eigenvalue weighted by Gasteiger charge is -2.32. The van der Waals surface area contributed by atoms with Crippen molar-refractivity contribution < 1.29 is 9.18 Å². The lowest BCUT2D eigenvalue weighted by Crippen LogP contribution is -2.41. The van der Waals surface area contributed by atoms with Crippen LogP contribution in [0.3, 0.4) is 0 Å². The quantitative estimate of drug-likeness (QED) is 0.915. The normalized spacial score (nSPS) is 15.7. The fraction of sp³-hybridized carbons (Fsp3) is 0.533. The molecule has 6 heteroatoms. The summed E-state index contributed by atoms with van der Waals surface area (Å²) in [5.74, 6) is -0.174. The van der Waals surface area contributed by atoms with Crippen molar-refractivity contribution in [3.05, 3.63) is 34.6 Å². The van der Waals surface area contributed by atoms with Crippen LogP contribution in [0.4, 0.5) is 4.39 Å². The van der Waals surface area contributed by atoms with Crippen LogP contribution in [0.15, 0.2) is 18.2 Å². The number of nitrogens with one attached hydrogen (secondary N) is 1. The number of benzene rings is 1. The van der Waals surface area contributed by atoms with Crippen molar-refractivity contribution in [2.45, 2.75) is 19.8 Å². The van der Waals surface area contributed by atoms with Crippen LogP contribution in [0.25, 0.3) is 0 Å². The number of likely N-dealkylation sites (tertiary alicyclic amines) is 1. The molecule has 0 aromatic heterocycles. The minimum Gasteiger partial charge on any atom is -0.339 e. The van der Waals surface area contributed by atoms with Gasteiger partial charge in [0.05, 0.1) is 5.56 Å². The van der Waals surface area contributed by atoms with E-state index < -0.39 is 5.82 Å². The Morgan fingerprint density at radius 1 is 1.43 bits per heavy atom. The molecule has 0 aliphatic carbocycles. The van der Waals surface area contributed by atoms with Gasteiger partial charge in [-0.3, -0.25) is 4.79 Å². The molecule has 0 radical (unpaired) electrons.